The van der Waals surface area contributed by atoms with Gasteiger partial charge in [0.15, 0.2) is 0 Å². The number of rotatable bonds is 4. The summed E-state index contributed by atoms with van der Waals surface area (Å²) in [5.74, 6) is 7.56. The average Bonchev–Trinajstić information content (AvgIpc) is 2.54. The van der Waals surface area contributed by atoms with Crippen LogP contribution in [0.2, 0.25) is 0 Å². The molecule has 0 spiro atoms. The maximum atomic E-state index is 9.24. The molecule has 0 fully saturated rings. The average molecular weight is 282 g/mol. The van der Waals surface area contributed by atoms with Crippen LogP contribution < -0.4 is 16.2 Å². The second-order valence-corrected chi connectivity index (χ2v) is 4.62. The lowest BCUT2D eigenvalue weighted by molar-refractivity contribution is 0.913. The zero-order valence-electron chi connectivity index (χ0n) is 12.4. The SMILES string of the molecule is CCc1nc(NN)c(C)c(N(C)c2ccccc2C#N)n1. The highest BCUT2D eigenvalue weighted by atomic mass is 15.3. The number of nitrogen functional groups attached to an aromatic ring is 1. The number of anilines is 3. The molecule has 0 unspecified atom stereocenters. The number of nitriles is 1. The largest absolute Gasteiger partial charge is 0.328 e. The van der Waals surface area contributed by atoms with E-state index in [9.17, 15) is 5.26 Å². The van der Waals surface area contributed by atoms with Gasteiger partial charge in [0.05, 0.1) is 11.3 Å². The van der Waals surface area contributed by atoms with Gasteiger partial charge in [-0.15, -0.1) is 0 Å². The van der Waals surface area contributed by atoms with Crippen molar-refractivity contribution in [2.75, 3.05) is 17.4 Å². The Hall–Kier alpha value is -2.65. The first-order valence-corrected chi connectivity index (χ1v) is 6.69. The van der Waals surface area contributed by atoms with E-state index in [1.807, 2.05) is 44.0 Å². The van der Waals surface area contributed by atoms with Crippen molar-refractivity contribution in [1.29, 1.82) is 5.26 Å². The summed E-state index contributed by atoms with van der Waals surface area (Å²) in [7, 11) is 1.88. The Bertz CT molecular complexity index is 689. The molecule has 0 radical (unpaired) electrons. The summed E-state index contributed by atoms with van der Waals surface area (Å²) in [5, 5.41) is 9.24. The minimum atomic E-state index is 0.595. The van der Waals surface area contributed by atoms with Crippen molar-refractivity contribution < 1.29 is 0 Å². The summed E-state index contributed by atoms with van der Waals surface area (Å²) in [6.07, 6.45) is 0.704. The van der Waals surface area contributed by atoms with Gasteiger partial charge in [0.2, 0.25) is 0 Å². The van der Waals surface area contributed by atoms with Crippen molar-refractivity contribution >= 4 is 17.3 Å². The quantitative estimate of drug-likeness (QED) is 0.660. The summed E-state index contributed by atoms with van der Waals surface area (Å²) in [6, 6.07) is 9.61. The molecule has 2 aromatic rings. The number of aromatic nitrogens is 2. The van der Waals surface area contributed by atoms with E-state index in [4.69, 9.17) is 5.84 Å². The summed E-state index contributed by atoms with van der Waals surface area (Å²) < 4.78 is 0. The molecule has 6 heteroatoms. The molecular formula is C15H18N6. The Labute approximate surface area is 124 Å². The van der Waals surface area contributed by atoms with E-state index < -0.39 is 0 Å². The van der Waals surface area contributed by atoms with Crippen LogP contribution >= 0.6 is 0 Å². The molecule has 1 aromatic heterocycles. The van der Waals surface area contributed by atoms with Gasteiger partial charge in [-0.3, -0.25) is 0 Å². The van der Waals surface area contributed by atoms with Crippen LogP contribution in [0.1, 0.15) is 23.9 Å². The van der Waals surface area contributed by atoms with Crippen molar-refractivity contribution in [3.63, 3.8) is 0 Å². The molecular weight excluding hydrogens is 264 g/mol. The van der Waals surface area contributed by atoms with E-state index in [2.05, 4.69) is 21.5 Å². The minimum absolute atomic E-state index is 0.595. The molecule has 6 nitrogen and oxygen atoms in total. The van der Waals surface area contributed by atoms with Crippen LogP contribution in [0.4, 0.5) is 17.3 Å². The Kier molecular flexibility index (Phi) is 4.36. The lowest BCUT2D eigenvalue weighted by Gasteiger charge is -2.23. The summed E-state index contributed by atoms with van der Waals surface area (Å²) in [5.41, 5.74) is 4.83. The number of hydrogen-bond donors (Lipinski definition) is 2. The molecule has 0 atom stereocenters. The van der Waals surface area contributed by atoms with Gasteiger partial charge in [0.25, 0.3) is 0 Å². The van der Waals surface area contributed by atoms with Crippen LogP contribution in [-0.2, 0) is 6.42 Å². The number of hydrazine groups is 1. The number of aryl methyl sites for hydroxylation is 1. The van der Waals surface area contributed by atoms with Crippen LogP contribution in [0.25, 0.3) is 0 Å². The first-order chi connectivity index (χ1) is 10.1. The summed E-state index contributed by atoms with van der Waals surface area (Å²) >= 11 is 0. The summed E-state index contributed by atoms with van der Waals surface area (Å²) in [6.45, 7) is 3.88. The lowest BCUT2D eigenvalue weighted by atomic mass is 10.1. The van der Waals surface area contributed by atoms with Crippen molar-refractivity contribution in [2.24, 2.45) is 5.84 Å². The van der Waals surface area contributed by atoms with Gasteiger partial charge in [-0.1, -0.05) is 19.1 Å². The van der Waals surface area contributed by atoms with Crippen molar-refractivity contribution in [3.8, 4) is 6.07 Å². The van der Waals surface area contributed by atoms with Gasteiger partial charge in [-0.05, 0) is 19.1 Å². The highest BCUT2D eigenvalue weighted by Gasteiger charge is 2.16. The van der Waals surface area contributed by atoms with Gasteiger partial charge < -0.3 is 10.3 Å². The molecule has 0 aliphatic carbocycles. The first kappa shape index (κ1) is 14.8. The number of hydrogen-bond acceptors (Lipinski definition) is 6. The zero-order chi connectivity index (χ0) is 15.4. The predicted molar refractivity (Wildman–Crippen MR) is 83.2 cm³/mol. The molecule has 108 valence electrons. The monoisotopic (exact) mass is 282 g/mol. The third-order valence-corrected chi connectivity index (χ3v) is 3.32. The Morgan fingerprint density at radius 1 is 1.33 bits per heavy atom. The lowest BCUT2D eigenvalue weighted by Crippen LogP contribution is -2.19. The Balaban J connectivity index is 2.58. The zero-order valence-corrected chi connectivity index (χ0v) is 12.4. The molecule has 0 bridgehead atoms. The fourth-order valence-corrected chi connectivity index (χ4v) is 2.15. The van der Waals surface area contributed by atoms with E-state index in [0.717, 1.165) is 17.1 Å². The van der Waals surface area contributed by atoms with Gasteiger partial charge >= 0.3 is 0 Å². The molecule has 0 saturated heterocycles. The standard InChI is InChI=1S/C15H18N6/c1-4-13-18-14(20-17)10(2)15(19-13)21(3)12-8-6-5-7-11(12)9-16/h5-8H,4,17H2,1-3H3,(H,18,19,20). The molecule has 1 heterocycles. The van der Waals surface area contributed by atoms with Crippen molar-refractivity contribution in [1.82, 2.24) is 9.97 Å². The number of para-hydroxylation sites is 1. The number of benzene rings is 1. The van der Waals surface area contributed by atoms with Crippen molar-refractivity contribution in [3.05, 3.63) is 41.2 Å². The molecule has 1 aromatic carbocycles. The van der Waals surface area contributed by atoms with E-state index in [0.29, 0.717) is 23.6 Å². The minimum Gasteiger partial charge on any atom is -0.328 e. The fourth-order valence-electron chi connectivity index (χ4n) is 2.15. The van der Waals surface area contributed by atoms with E-state index in [1.165, 1.54) is 0 Å². The van der Waals surface area contributed by atoms with Gasteiger partial charge in [0, 0.05) is 19.0 Å². The molecule has 3 N–H and O–H groups in total. The van der Waals surface area contributed by atoms with Crippen molar-refractivity contribution in [2.45, 2.75) is 20.3 Å². The van der Waals surface area contributed by atoms with Gasteiger partial charge in [0.1, 0.15) is 23.5 Å². The highest BCUT2D eigenvalue weighted by molar-refractivity contribution is 5.70. The second-order valence-electron chi connectivity index (χ2n) is 4.62. The second kappa shape index (κ2) is 6.20. The Morgan fingerprint density at radius 3 is 2.67 bits per heavy atom. The molecule has 0 aliphatic heterocycles. The molecule has 0 saturated carbocycles. The van der Waals surface area contributed by atoms with Crippen LogP contribution in [0.5, 0.6) is 0 Å². The van der Waals surface area contributed by atoms with Crippen LogP contribution in [-0.4, -0.2) is 17.0 Å². The molecule has 0 aliphatic rings. The van der Waals surface area contributed by atoms with Gasteiger partial charge in [-0.25, -0.2) is 15.8 Å². The fraction of sp³-hybridized carbons (Fsp3) is 0.267. The van der Waals surface area contributed by atoms with E-state index in [-0.39, 0.29) is 0 Å². The maximum Gasteiger partial charge on any atom is 0.148 e. The van der Waals surface area contributed by atoms with Crippen LogP contribution in [0.15, 0.2) is 24.3 Å². The normalized spacial score (nSPS) is 10.0. The number of nitrogens with two attached hydrogens (primary N) is 1. The molecule has 2 rings (SSSR count). The molecule has 21 heavy (non-hydrogen) atoms. The van der Waals surface area contributed by atoms with Crippen LogP contribution in [0.3, 0.4) is 0 Å². The van der Waals surface area contributed by atoms with E-state index >= 15 is 0 Å². The maximum absolute atomic E-state index is 9.24. The Morgan fingerprint density at radius 2 is 2.05 bits per heavy atom. The van der Waals surface area contributed by atoms with E-state index in [1.54, 1.807) is 6.07 Å². The predicted octanol–water partition coefficient (Wildman–Crippen LogP) is 2.27. The molecule has 0 amide bonds. The third kappa shape index (κ3) is 2.78. The van der Waals surface area contributed by atoms with Crippen LogP contribution in [0, 0.1) is 18.3 Å². The highest BCUT2D eigenvalue weighted by Crippen LogP contribution is 2.30. The summed E-state index contributed by atoms with van der Waals surface area (Å²) in [4.78, 5) is 10.8. The van der Waals surface area contributed by atoms with Gasteiger partial charge in [-0.2, -0.15) is 5.26 Å². The third-order valence-electron chi connectivity index (χ3n) is 3.32. The topological polar surface area (TPSA) is 90.9 Å². The first-order valence-electron chi connectivity index (χ1n) is 6.69. The number of nitrogens with one attached hydrogen (secondary N) is 1. The number of nitrogens with zero attached hydrogens (tertiary/aromatic N) is 4. The smallest absolute Gasteiger partial charge is 0.148 e.